The van der Waals surface area contributed by atoms with Gasteiger partial charge in [-0.05, 0) is 24.1 Å². The first kappa shape index (κ1) is 9.26. The molecule has 0 spiro atoms. The molecule has 1 N–H and O–H groups in total. The first-order chi connectivity index (χ1) is 5.54. The van der Waals surface area contributed by atoms with Crippen LogP contribution in [0.3, 0.4) is 0 Å². The van der Waals surface area contributed by atoms with Crippen LogP contribution in [-0.4, -0.2) is 10.5 Å². The third kappa shape index (κ3) is 2.08. The summed E-state index contributed by atoms with van der Waals surface area (Å²) in [5.41, 5.74) is 1.13. The highest BCUT2D eigenvalue weighted by Crippen LogP contribution is 2.11. The normalized spacial score (nSPS) is 15.5. The van der Waals surface area contributed by atoms with Crippen LogP contribution in [0.15, 0.2) is 29.2 Å². The summed E-state index contributed by atoms with van der Waals surface area (Å²) in [4.78, 5) is 0.627. The minimum absolute atomic E-state index is 0.627. The third-order valence-electron chi connectivity index (χ3n) is 1.76. The van der Waals surface area contributed by atoms with Crippen LogP contribution in [0.5, 0.6) is 0 Å². The molecule has 0 aromatic heterocycles. The zero-order valence-corrected chi connectivity index (χ0v) is 8.15. The van der Waals surface area contributed by atoms with Gasteiger partial charge in [-0.2, -0.15) is 0 Å². The van der Waals surface area contributed by atoms with E-state index < -0.39 is 9.73 Å². The SMILES string of the molecule is CCc1cccc(S(C)(=N)=O)c1. The molecule has 0 aliphatic rings. The van der Waals surface area contributed by atoms with Crippen LogP contribution >= 0.6 is 0 Å². The molecule has 3 heteroatoms. The van der Waals surface area contributed by atoms with Crippen molar-refractivity contribution < 1.29 is 4.21 Å². The molecule has 12 heavy (non-hydrogen) atoms. The topological polar surface area (TPSA) is 40.9 Å². The Labute approximate surface area is 73.6 Å². The van der Waals surface area contributed by atoms with Gasteiger partial charge in [0, 0.05) is 11.2 Å². The zero-order chi connectivity index (χ0) is 9.19. The van der Waals surface area contributed by atoms with Crippen LogP contribution < -0.4 is 0 Å². The lowest BCUT2D eigenvalue weighted by Crippen LogP contribution is -1.95. The maximum absolute atomic E-state index is 11.3. The molecule has 0 aliphatic carbocycles. The molecule has 1 unspecified atom stereocenters. The quantitative estimate of drug-likeness (QED) is 0.750. The van der Waals surface area contributed by atoms with Crippen LogP contribution in [0.25, 0.3) is 0 Å². The Morgan fingerprint density at radius 2 is 2.17 bits per heavy atom. The average Bonchev–Trinajstić information content (AvgIpc) is 2.03. The highest BCUT2D eigenvalue weighted by molar-refractivity contribution is 7.91. The lowest BCUT2D eigenvalue weighted by Gasteiger charge is -2.02. The molecule has 0 radical (unpaired) electrons. The molecule has 0 fully saturated rings. The van der Waals surface area contributed by atoms with E-state index in [0.29, 0.717) is 4.90 Å². The summed E-state index contributed by atoms with van der Waals surface area (Å²) in [5.74, 6) is 0. The number of benzene rings is 1. The van der Waals surface area contributed by atoms with E-state index in [0.717, 1.165) is 12.0 Å². The monoisotopic (exact) mass is 183 g/mol. The highest BCUT2D eigenvalue weighted by Gasteiger charge is 2.02. The second-order valence-corrected chi connectivity index (χ2v) is 5.00. The molecule has 0 saturated heterocycles. The first-order valence-corrected chi connectivity index (χ1v) is 5.83. The Morgan fingerprint density at radius 3 is 2.67 bits per heavy atom. The fraction of sp³-hybridized carbons (Fsp3) is 0.333. The third-order valence-corrected chi connectivity index (χ3v) is 2.91. The number of rotatable bonds is 2. The van der Waals surface area contributed by atoms with Gasteiger partial charge >= 0.3 is 0 Å². The largest absolute Gasteiger partial charge is 0.249 e. The summed E-state index contributed by atoms with van der Waals surface area (Å²) in [7, 11) is -2.54. The standard InChI is InChI=1S/C9H13NOS/c1-3-8-5-4-6-9(7-8)12(2,10)11/h4-7,10H,3H2,1-2H3. The minimum Gasteiger partial charge on any atom is -0.249 e. The summed E-state index contributed by atoms with van der Waals surface area (Å²) in [5, 5.41) is 0. The Hall–Kier alpha value is -0.830. The van der Waals surface area contributed by atoms with Crippen molar-refractivity contribution in [3.05, 3.63) is 29.8 Å². The highest BCUT2D eigenvalue weighted by atomic mass is 32.2. The van der Waals surface area contributed by atoms with Crippen molar-refractivity contribution >= 4 is 9.73 Å². The minimum atomic E-state index is -2.54. The second-order valence-electron chi connectivity index (χ2n) is 2.84. The summed E-state index contributed by atoms with van der Waals surface area (Å²) in [6.07, 6.45) is 2.37. The van der Waals surface area contributed by atoms with Gasteiger partial charge in [-0.1, -0.05) is 19.1 Å². The van der Waals surface area contributed by atoms with Crippen molar-refractivity contribution in [3.8, 4) is 0 Å². The van der Waals surface area contributed by atoms with Crippen LogP contribution in [0.1, 0.15) is 12.5 Å². The van der Waals surface area contributed by atoms with E-state index in [2.05, 4.69) is 0 Å². The van der Waals surface area contributed by atoms with Crippen LogP contribution in [-0.2, 0) is 16.1 Å². The Morgan fingerprint density at radius 1 is 1.50 bits per heavy atom. The van der Waals surface area contributed by atoms with Crippen LogP contribution in [0.4, 0.5) is 0 Å². The maximum atomic E-state index is 11.3. The Bertz CT molecular complexity index is 368. The van der Waals surface area contributed by atoms with Crippen molar-refractivity contribution in [2.75, 3.05) is 6.26 Å². The van der Waals surface area contributed by atoms with E-state index in [1.54, 1.807) is 6.07 Å². The van der Waals surface area contributed by atoms with Gasteiger partial charge in [0.05, 0.1) is 9.73 Å². The molecule has 0 saturated carbocycles. The molecule has 1 aromatic carbocycles. The summed E-state index contributed by atoms with van der Waals surface area (Å²) < 4.78 is 18.7. The number of aryl methyl sites for hydroxylation is 1. The molecular formula is C9H13NOS. The van der Waals surface area contributed by atoms with E-state index in [1.807, 2.05) is 25.1 Å². The van der Waals surface area contributed by atoms with Crippen LogP contribution in [0, 0.1) is 4.78 Å². The van der Waals surface area contributed by atoms with Gasteiger partial charge in [0.25, 0.3) is 0 Å². The van der Waals surface area contributed by atoms with E-state index in [-0.39, 0.29) is 0 Å². The summed E-state index contributed by atoms with van der Waals surface area (Å²) in [6, 6.07) is 7.42. The lowest BCUT2D eigenvalue weighted by molar-refractivity contribution is 0.679. The second kappa shape index (κ2) is 3.27. The fourth-order valence-corrected chi connectivity index (χ4v) is 1.72. The molecule has 0 bridgehead atoms. The molecule has 0 amide bonds. The van der Waals surface area contributed by atoms with Gasteiger partial charge in [-0.3, -0.25) is 0 Å². The van der Waals surface area contributed by atoms with Crippen molar-refractivity contribution in [3.63, 3.8) is 0 Å². The van der Waals surface area contributed by atoms with E-state index in [9.17, 15) is 4.21 Å². The summed E-state index contributed by atoms with van der Waals surface area (Å²) >= 11 is 0. The smallest absolute Gasteiger partial charge is 0.0696 e. The fourth-order valence-electron chi connectivity index (χ4n) is 1.01. The zero-order valence-electron chi connectivity index (χ0n) is 7.33. The van der Waals surface area contributed by atoms with Gasteiger partial charge in [0.2, 0.25) is 0 Å². The van der Waals surface area contributed by atoms with Crippen molar-refractivity contribution in [2.45, 2.75) is 18.2 Å². The molecule has 1 aromatic rings. The molecule has 0 heterocycles. The van der Waals surface area contributed by atoms with Crippen molar-refractivity contribution in [1.82, 2.24) is 0 Å². The maximum Gasteiger partial charge on any atom is 0.0696 e. The molecule has 66 valence electrons. The molecule has 2 nitrogen and oxygen atoms in total. The number of nitrogens with one attached hydrogen (secondary N) is 1. The summed E-state index contributed by atoms with van der Waals surface area (Å²) in [6.45, 7) is 2.04. The van der Waals surface area contributed by atoms with Gasteiger partial charge in [-0.15, -0.1) is 0 Å². The predicted molar refractivity (Wildman–Crippen MR) is 50.9 cm³/mol. The van der Waals surface area contributed by atoms with Gasteiger partial charge in [-0.25, -0.2) is 8.99 Å². The number of hydrogen-bond acceptors (Lipinski definition) is 2. The number of hydrogen-bond donors (Lipinski definition) is 1. The van der Waals surface area contributed by atoms with Gasteiger partial charge in [0.1, 0.15) is 0 Å². The molecule has 1 atom stereocenters. The van der Waals surface area contributed by atoms with Crippen LogP contribution in [0.2, 0.25) is 0 Å². The van der Waals surface area contributed by atoms with Gasteiger partial charge in [0.15, 0.2) is 0 Å². The Balaban J connectivity index is 3.20. The van der Waals surface area contributed by atoms with E-state index in [4.69, 9.17) is 4.78 Å². The molecule has 1 rings (SSSR count). The van der Waals surface area contributed by atoms with Crippen molar-refractivity contribution in [2.24, 2.45) is 0 Å². The van der Waals surface area contributed by atoms with Crippen molar-refractivity contribution in [1.29, 1.82) is 4.78 Å². The molecular weight excluding hydrogens is 170 g/mol. The molecule has 0 aliphatic heterocycles. The first-order valence-electron chi connectivity index (χ1n) is 3.87. The average molecular weight is 183 g/mol. The predicted octanol–water partition coefficient (Wildman–Crippen LogP) is 2.28. The van der Waals surface area contributed by atoms with E-state index in [1.165, 1.54) is 6.26 Å². The van der Waals surface area contributed by atoms with E-state index >= 15 is 0 Å². The van der Waals surface area contributed by atoms with Gasteiger partial charge < -0.3 is 0 Å². The lowest BCUT2D eigenvalue weighted by atomic mass is 10.2. The Kier molecular flexibility index (Phi) is 2.52.